The lowest BCUT2D eigenvalue weighted by atomic mass is 10.2. The average molecular weight is 347 g/mol. The molecule has 0 aliphatic carbocycles. The van der Waals surface area contributed by atoms with Gasteiger partial charge in [-0.25, -0.2) is 0 Å². The fourth-order valence-corrected chi connectivity index (χ4v) is 2.16. The third-order valence-corrected chi connectivity index (χ3v) is 3.13. The summed E-state index contributed by atoms with van der Waals surface area (Å²) >= 11 is 3.34. The number of carbonyl (C=O) groups is 1. The molecule has 0 fully saturated rings. The molecule has 0 spiro atoms. The van der Waals surface area contributed by atoms with Gasteiger partial charge in [0.1, 0.15) is 0 Å². The summed E-state index contributed by atoms with van der Waals surface area (Å²) in [4.78, 5) is 17.9. The van der Waals surface area contributed by atoms with Crippen LogP contribution in [0, 0.1) is 0 Å². The lowest BCUT2D eigenvalue weighted by Crippen LogP contribution is -2.43. The zero-order chi connectivity index (χ0) is 15.0. The minimum atomic E-state index is -0.674. The summed E-state index contributed by atoms with van der Waals surface area (Å²) in [5.41, 5.74) is 0.869. The van der Waals surface area contributed by atoms with Crippen molar-refractivity contribution < 1.29 is 19.4 Å². The minimum Gasteiger partial charge on any atom is -0.395 e. The SMILES string of the molecule is COCC(OC)C(=O)N(CCO)Cc1cncc(Br)c1. The van der Waals surface area contributed by atoms with E-state index in [2.05, 4.69) is 20.9 Å². The zero-order valence-corrected chi connectivity index (χ0v) is 13.2. The Hall–Kier alpha value is -1.02. The summed E-state index contributed by atoms with van der Waals surface area (Å²) in [6, 6.07) is 1.88. The first-order valence-corrected chi connectivity index (χ1v) is 6.92. The Morgan fingerprint density at radius 3 is 2.80 bits per heavy atom. The highest BCUT2D eigenvalue weighted by molar-refractivity contribution is 9.10. The number of pyridine rings is 1. The van der Waals surface area contributed by atoms with Gasteiger partial charge in [0.15, 0.2) is 6.10 Å². The van der Waals surface area contributed by atoms with Gasteiger partial charge in [-0.2, -0.15) is 0 Å². The molecule has 0 aliphatic heterocycles. The fourth-order valence-electron chi connectivity index (χ4n) is 1.75. The molecule has 6 nitrogen and oxygen atoms in total. The molecular weight excluding hydrogens is 328 g/mol. The second-order valence-electron chi connectivity index (χ2n) is 4.17. The Labute approximate surface area is 126 Å². The van der Waals surface area contributed by atoms with Crippen LogP contribution in [-0.4, -0.2) is 61.0 Å². The van der Waals surface area contributed by atoms with Gasteiger partial charge in [0, 0.05) is 44.2 Å². The quantitative estimate of drug-likeness (QED) is 0.754. The molecule has 1 N–H and O–H groups in total. The van der Waals surface area contributed by atoms with Gasteiger partial charge in [-0.15, -0.1) is 0 Å². The number of nitrogens with zero attached hydrogens (tertiary/aromatic N) is 2. The van der Waals surface area contributed by atoms with Crippen molar-refractivity contribution in [3.8, 4) is 0 Å². The number of rotatable bonds is 8. The second-order valence-corrected chi connectivity index (χ2v) is 5.09. The number of aliphatic hydroxyl groups is 1. The summed E-state index contributed by atoms with van der Waals surface area (Å²) in [5.74, 6) is -0.219. The molecule has 20 heavy (non-hydrogen) atoms. The van der Waals surface area contributed by atoms with E-state index in [0.29, 0.717) is 6.54 Å². The predicted octanol–water partition coefficient (Wildman–Crippen LogP) is 0.826. The number of carbonyl (C=O) groups excluding carboxylic acids is 1. The first kappa shape index (κ1) is 17.0. The number of halogens is 1. The van der Waals surface area contributed by atoms with E-state index >= 15 is 0 Å². The normalized spacial score (nSPS) is 12.2. The Morgan fingerprint density at radius 1 is 1.50 bits per heavy atom. The number of aromatic nitrogens is 1. The second kappa shape index (κ2) is 9.02. The van der Waals surface area contributed by atoms with Crippen LogP contribution in [-0.2, 0) is 20.8 Å². The van der Waals surface area contributed by atoms with Crippen LogP contribution in [0.1, 0.15) is 5.56 Å². The highest BCUT2D eigenvalue weighted by atomic mass is 79.9. The van der Waals surface area contributed by atoms with Gasteiger partial charge in [0.25, 0.3) is 5.91 Å². The van der Waals surface area contributed by atoms with Gasteiger partial charge in [-0.3, -0.25) is 9.78 Å². The number of amides is 1. The molecule has 0 aromatic carbocycles. The van der Waals surface area contributed by atoms with E-state index < -0.39 is 6.10 Å². The first-order valence-electron chi connectivity index (χ1n) is 6.13. The van der Waals surface area contributed by atoms with E-state index in [4.69, 9.17) is 14.6 Å². The molecular formula is C13H19BrN2O4. The van der Waals surface area contributed by atoms with Crippen LogP contribution in [0.2, 0.25) is 0 Å². The van der Waals surface area contributed by atoms with Crippen molar-refractivity contribution in [1.82, 2.24) is 9.88 Å². The Morgan fingerprint density at radius 2 is 2.25 bits per heavy atom. The van der Waals surface area contributed by atoms with E-state index in [1.165, 1.54) is 19.1 Å². The highest BCUT2D eigenvalue weighted by Crippen LogP contribution is 2.12. The van der Waals surface area contributed by atoms with Gasteiger partial charge in [-0.1, -0.05) is 0 Å². The average Bonchev–Trinajstić information content (AvgIpc) is 2.43. The lowest BCUT2D eigenvalue weighted by molar-refractivity contribution is -0.146. The number of ether oxygens (including phenoxy) is 2. The molecule has 1 aromatic heterocycles. The fraction of sp³-hybridized carbons (Fsp3) is 0.538. The predicted molar refractivity (Wildman–Crippen MR) is 77.1 cm³/mol. The van der Waals surface area contributed by atoms with E-state index in [0.717, 1.165) is 10.0 Å². The van der Waals surface area contributed by atoms with Crippen LogP contribution < -0.4 is 0 Å². The van der Waals surface area contributed by atoms with Gasteiger partial charge in [-0.05, 0) is 27.6 Å². The Bertz CT molecular complexity index is 431. The first-order chi connectivity index (χ1) is 9.62. The molecule has 0 radical (unpaired) electrons. The molecule has 7 heteroatoms. The molecule has 1 rings (SSSR count). The van der Waals surface area contributed by atoms with E-state index in [9.17, 15) is 4.79 Å². The summed E-state index contributed by atoms with van der Waals surface area (Å²) in [7, 11) is 2.97. The van der Waals surface area contributed by atoms with E-state index in [1.54, 1.807) is 12.4 Å². The van der Waals surface area contributed by atoms with Crippen LogP contribution in [0.15, 0.2) is 22.9 Å². The maximum absolute atomic E-state index is 12.3. The minimum absolute atomic E-state index is 0.114. The summed E-state index contributed by atoms with van der Waals surface area (Å²) in [5, 5.41) is 9.11. The summed E-state index contributed by atoms with van der Waals surface area (Å²) in [6.45, 7) is 0.648. The summed E-state index contributed by atoms with van der Waals surface area (Å²) < 4.78 is 10.9. The Balaban J connectivity index is 2.79. The number of hydrogen-bond acceptors (Lipinski definition) is 5. The largest absolute Gasteiger partial charge is 0.395 e. The van der Waals surface area contributed by atoms with Crippen LogP contribution >= 0.6 is 15.9 Å². The molecule has 0 saturated carbocycles. The molecule has 1 heterocycles. The maximum atomic E-state index is 12.3. The number of hydrogen-bond donors (Lipinski definition) is 1. The molecule has 0 bridgehead atoms. The molecule has 1 amide bonds. The third-order valence-electron chi connectivity index (χ3n) is 2.69. The van der Waals surface area contributed by atoms with Crippen LogP contribution in [0.3, 0.4) is 0 Å². The van der Waals surface area contributed by atoms with Crippen LogP contribution in [0.4, 0.5) is 0 Å². The lowest BCUT2D eigenvalue weighted by Gasteiger charge is -2.25. The monoisotopic (exact) mass is 346 g/mol. The highest BCUT2D eigenvalue weighted by Gasteiger charge is 2.24. The van der Waals surface area contributed by atoms with Crippen molar-refractivity contribution in [1.29, 1.82) is 0 Å². The van der Waals surface area contributed by atoms with E-state index in [-0.39, 0.29) is 25.7 Å². The molecule has 1 unspecified atom stereocenters. The maximum Gasteiger partial charge on any atom is 0.254 e. The van der Waals surface area contributed by atoms with Gasteiger partial charge >= 0.3 is 0 Å². The van der Waals surface area contributed by atoms with Crippen molar-refractivity contribution in [3.05, 3.63) is 28.5 Å². The molecule has 112 valence electrons. The molecule has 0 saturated heterocycles. The smallest absolute Gasteiger partial charge is 0.254 e. The topological polar surface area (TPSA) is 71.9 Å². The van der Waals surface area contributed by atoms with Crippen molar-refractivity contribution in [2.45, 2.75) is 12.6 Å². The van der Waals surface area contributed by atoms with Gasteiger partial charge < -0.3 is 19.5 Å². The van der Waals surface area contributed by atoms with Crippen molar-refractivity contribution in [2.75, 3.05) is 34.0 Å². The third kappa shape index (κ3) is 5.16. The van der Waals surface area contributed by atoms with Crippen molar-refractivity contribution in [3.63, 3.8) is 0 Å². The summed E-state index contributed by atoms with van der Waals surface area (Å²) in [6.07, 6.45) is 2.68. The number of aliphatic hydroxyl groups excluding tert-OH is 1. The molecule has 1 aromatic rings. The Kier molecular flexibility index (Phi) is 7.68. The van der Waals surface area contributed by atoms with Crippen LogP contribution in [0.25, 0.3) is 0 Å². The standard InChI is InChI=1S/C13H19BrN2O4/c1-19-9-12(20-2)13(18)16(3-4-17)8-10-5-11(14)7-15-6-10/h5-7,12,17H,3-4,8-9H2,1-2H3. The molecule has 0 aliphatic rings. The van der Waals surface area contributed by atoms with E-state index in [1.807, 2.05) is 6.07 Å². The van der Waals surface area contributed by atoms with Gasteiger partial charge in [0.2, 0.25) is 0 Å². The molecule has 1 atom stereocenters. The zero-order valence-electron chi connectivity index (χ0n) is 11.6. The van der Waals surface area contributed by atoms with Crippen molar-refractivity contribution in [2.24, 2.45) is 0 Å². The van der Waals surface area contributed by atoms with Crippen LogP contribution in [0.5, 0.6) is 0 Å². The van der Waals surface area contributed by atoms with Gasteiger partial charge in [0.05, 0.1) is 13.2 Å². The number of methoxy groups -OCH3 is 2. The van der Waals surface area contributed by atoms with Crippen molar-refractivity contribution >= 4 is 21.8 Å².